The zero-order valence-electron chi connectivity index (χ0n) is 11.0. The van der Waals surface area contributed by atoms with Crippen molar-refractivity contribution < 1.29 is 0 Å². The Kier molecular flexibility index (Phi) is 4.86. The van der Waals surface area contributed by atoms with E-state index in [1.807, 2.05) is 31.6 Å². The van der Waals surface area contributed by atoms with Crippen LogP contribution in [0.15, 0.2) is 30.6 Å². The molecule has 0 aliphatic rings. The van der Waals surface area contributed by atoms with Crippen molar-refractivity contribution in [1.29, 1.82) is 0 Å². The van der Waals surface area contributed by atoms with Crippen LogP contribution in [0.4, 0.5) is 0 Å². The monoisotopic (exact) mass is 297 g/mol. The molecule has 2 rings (SSSR count). The van der Waals surface area contributed by atoms with Crippen molar-refractivity contribution in [2.75, 3.05) is 7.05 Å². The fourth-order valence-corrected chi connectivity index (χ4v) is 2.74. The van der Waals surface area contributed by atoms with E-state index < -0.39 is 0 Å². The standard InChI is InChI=1S/C14H17Cl2N3/c1-3-5-19-6-4-18-14(19)13(17-2)10-7-11(15)9-12(16)8-10/h4,6-9,13,17H,3,5H2,1-2H3. The maximum atomic E-state index is 6.07. The van der Waals surface area contributed by atoms with Crippen LogP contribution in [-0.4, -0.2) is 16.6 Å². The summed E-state index contributed by atoms with van der Waals surface area (Å²) in [5.41, 5.74) is 1.02. The fraction of sp³-hybridized carbons (Fsp3) is 0.357. The molecule has 0 saturated heterocycles. The van der Waals surface area contributed by atoms with Crippen LogP contribution in [0.2, 0.25) is 10.0 Å². The first-order valence-electron chi connectivity index (χ1n) is 6.30. The van der Waals surface area contributed by atoms with Gasteiger partial charge in [-0.15, -0.1) is 0 Å². The molecular formula is C14H17Cl2N3. The molecule has 1 atom stereocenters. The number of aryl methyl sites for hydroxylation is 1. The molecule has 1 unspecified atom stereocenters. The van der Waals surface area contributed by atoms with Crippen LogP contribution in [0, 0.1) is 0 Å². The van der Waals surface area contributed by atoms with Gasteiger partial charge in [0, 0.05) is 29.0 Å². The lowest BCUT2D eigenvalue weighted by molar-refractivity contribution is 0.568. The summed E-state index contributed by atoms with van der Waals surface area (Å²) in [6, 6.07) is 5.55. The molecule has 0 fully saturated rings. The predicted octanol–water partition coefficient (Wildman–Crippen LogP) is 3.91. The molecule has 0 radical (unpaired) electrons. The number of imidazole rings is 1. The summed E-state index contributed by atoms with van der Waals surface area (Å²) in [6.45, 7) is 3.09. The quantitative estimate of drug-likeness (QED) is 0.907. The van der Waals surface area contributed by atoms with E-state index in [0.29, 0.717) is 10.0 Å². The highest BCUT2D eigenvalue weighted by atomic mass is 35.5. The molecule has 1 aromatic carbocycles. The molecule has 1 aromatic heterocycles. The number of nitrogens with one attached hydrogen (secondary N) is 1. The molecule has 0 aliphatic carbocycles. The second-order valence-corrected chi connectivity index (χ2v) is 5.28. The van der Waals surface area contributed by atoms with E-state index in [-0.39, 0.29) is 6.04 Å². The lowest BCUT2D eigenvalue weighted by Gasteiger charge is -2.18. The van der Waals surface area contributed by atoms with Gasteiger partial charge in [-0.1, -0.05) is 30.1 Å². The van der Waals surface area contributed by atoms with Gasteiger partial charge in [0.2, 0.25) is 0 Å². The van der Waals surface area contributed by atoms with Crippen LogP contribution in [0.25, 0.3) is 0 Å². The van der Waals surface area contributed by atoms with Crippen LogP contribution in [0.5, 0.6) is 0 Å². The van der Waals surface area contributed by atoms with Gasteiger partial charge in [-0.3, -0.25) is 0 Å². The molecule has 0 saturated carbocycles. The van der Waals surface area contributed by atoms with E-state index in [0.717, 1.165) is 24.4 Å². The van der Waals surface area contributed by atoms with Crippen molar-refractivity contribution >= 4 is 23.2 Å². The largest absolute Gasteiger partial charge is 0.333 e. The first-order valence-corrected chi connectivity index (χ1v) is 7.05. The Labute approximate surface area is 123 Å². The van der Waals surface area contributed by atoms with E-state index in [2.05, 4.69) is 21.8 Å². The summed E-state index contributed by atoms with van der Waals surface area (Å²) in [4.78, 5) is 4.46. The number of nitrogens with zero attached hydrogens (tertiary/aromatic N) is 2. The molecule has 2 aromatic rings. The summed E-state index contributed by atoms with van der Waals surface area (Å²) < 4.78 is 2.15. The molecule has 3 nitrogen and oxygen atoms in total. The van der Waals surface area contributed by atoms with Crippen molar-refractivity contribution in [3.8, 4) is 0 Å². The van der Waals surface area contributed by atoms with Gasteiger partial charge in [-0.2, -0.15) is 0 Å². The molecule has 0 spiro atoms. The highest BCUT2D eigenvalue weighted by Gasteiger charge is 2.18. The molecule has 5 heteroatoms. The zero-order chi connectivity index (χ0) is 13.8. The minimum Gasteiger partial charge on any atom is -0.333 e. The van der Waals surface area contributed by atoms with E-state index >= 15 is 0 Å². The normalized spacial score (nSPS) is 12.6. The Morgan fingerprint density at radius 2 is 1.95 bits per heavy atom. The van der Waals surface area contributed by atoms with Crippen molar-refractivity contribution in [3.05, 3.63) is 52.0 Å². The Bertz CT molecular complexity index is 531. The molecular weight excluding hydrogens is 281 g/mol. The maximum absolute atomic E-state index is 6.07. The van der Waals surface area contributed by atoms with Crippen molar-refractivity contribution in [2.45, 2.75) is 25.9 Å². The highest BCUT2D eigenvalue weighted by Crippen LogP contribution is 2.27. The van der Waals surface area contributed by atoms with E-state index in [4.69, 9.17) is 23.2 Å². The molecule has 0 bridgehead atoms. The molecule has 1 heterocycles. The van der Waals surface area contributed by atoms with Gasteiger partial charge < -0.3 is 9.88 Å². The highest BCUT2D eigenvalue weighted by molar-refractivity contribution is 6.34. The zero-order valence-corrected chi connectivity index (χ0v) is 12.5. The van der Waals surface area contributed by atoms with Gasteiger partial charge in [0.1, 0.15) is 5.82 Å². The van der Waals surface area contributed by atoms with Gasteiger partial charge in [-0.25, -0.2) is 4.98 Å². The summed E-state index contributed by atoms with van der Waals surface area (Å²) in [5.74, 6) is 0.975. The van der Waals surface area contributed by atoms with E-state index in [1.54, 1.807) is 6.07 Å². The maximum Gasteiger partial charge on any atom is 0.130 e. The third-order valence-electron chi connectivity index (χ3n) is 2.98. The third-order valence-corrected chi connectivity index (χ3v) is 3.41. The number of aromatic nitrogens is 2. The Balaban J connectivity index is 2.40. The summed E-state index contributed by atoms with van der Waals surface area (Å²) in [5, 5.41) is 4.54. The van der Waals surface area contributed by atoms with E-state index in [1.165, 1.54) is 0 Å². The summed E-state index contributed by atoms with van der Waals surface area (Å²) >= 11 is 12.1. The smallest absolute Gasteiger partial charge is 0.130 e. The lowest BCUT2D eigenvalue weighted by Crippen LogP contribution is -2.22. The Morgan fingerprint density at radius 3 is 2.53 bits per heavy atom. The van der Waals surface area contributed by atoms with E-state index in [9.17, 15) is 0 Å². The lowest BCUT2D eigenvalue weighted by atomic mass is 10.1. The first-order chi connectivity index (χ1) is 9.15. The third kappa shape index (κ3) is 3.30. The predicted molar refractivity (Wildman–Crippen MR) is 79.9 cm³/mol. The minimum absolute atomic E-state index is 0.0160. The molecule has 0 aliphatic heterocycles. The number of hydrogen-bond acceptors (Lipinski definition) is 2. The SMILES string of the molecule is CCCn1ccnc1C(NC)c1cc(Cl)cc(Cl)c1. The minimum atomic E-state index is -0.0160. The first kappa shape index (κ1) is 14.4. The summed E-state index contributed by atoms with van der Waals surface area (Å²) in [7, 11) is 1.91. The van der Waals surface area contributed by atoms with Crippen LogP contribution in [0.1, 0.15) is 30.8 Å². The second-order valence-electron chi connectivity index (χ2n) is 4.40. The Hall–Kier alpha value is -1.03. The Morgan fingerprint density at radius 1 is 1.26 bits per heavy atom. The average molecular weight is 298 g/mol. The van der Waals surface area contributed by atoms with Crippen molar-refractivity contribution in [2.24, 2.45) is 0 Å². The van der Waals surface area contributed by atoms with Gasteiger partial charge in [0.05, 0.1) is 6.04 Å². The van der Waals surface area contributed by atoms with Gasteiger partial charge >= 0.3 is 0 Å². The van der Waals surface area contributed by atoms with Crippen LogP contribution >= 0.6 is 23.2 Å². The molecule has 1 N–H and O–H groups in total. The average Bonchev–Trinajstić information content (AvgIpc) is 2.78. The van der Waals surface area contributed by atoms with Gasteiger partial charge in [0.15, 0.2) is 0 Å². The number of benzene rings is 1. The van der Waals surface area contributed by atoms with Crippen LogP contribution < -0.4 is 5.32 Å². The van der Waals surface area contributed by atoms with Crippen LogP contribution in [0.3, 0.4) is 0 Å². The van der Waals surface area contributed by atoms with Crippen LogP contribution in [-0.2, 0) is 6.54 Å². The molecule has 0 amide bonds. The van der Waals surface area contributed by atoms with Crippen molar-refractivity contribution in [3.63, 3.8) is 0 Å². The topological polar surface area (TPSA) is 29.9 Å². The molecule has 102 valence electrons. The van der Waals surface area contributed by atoms with Gasteiger partial charge in [0.25, 0.3) is 0 Å². The summed E-state index contributed by atoms with van der Waals surface area (Å²) in [6.07, 6.45) is 4.88. The van der Waals surface area contributed by atoms with Crippen molar-refractivity contribution in [1.82, 2.24) is 14.9 Å². The molecule has 19 heavy (non-hydrogen) atoms. The van der Waals surface area contributed by atoms with Gasteiger partial charge in [-0.05, 0) is 37.2 Å². The fourth-order valence-electron chi connectivity index (χ4n) is 2.20. The second kappa shape index (κ2) is 6.42. The number of rotatable bonds is 5. The number of hydrogen-bond donors (Lipinski definition) is 1. The number of halogens is 2.